The Hall–Kier alpha value is -1.51. The molecule has 2 heterocycles. The van der Waals surface area contributed by atoms with E-state index in [0.717, 1.165) is 6.54 Å². The molecule has 0 amide bonds. The molecule has 2 heteroatoms. The zero-order chi connectivity index (χ0) is 16.4. The molecule has 1 saturated heterocycles. The van der Waals surface area contributed by atoms with Crippen LogP contribution in [0.15, 0.2) is 65.6 Å². The van der Waals surface area contributed by atoms with Gasteiger partial charge in [0.15, 0.2) is 0 Å². The molecule has 0 aromatic heterocycles. The summed E-state index contributed by atoms with van der Waals surface area (Å²) in [5.41, 5.74) is 4.43. The lowest BCUT2D eigenvalue weighted by atomic mass is 9.82. The molecule has 2 atom stereocenters. The molecule has 0 N–H and O–H groups in total. The first-order valence-corrected chi connectivity index (χ1v) is 10.2. The zero-order valence-corrected chi connectivity index (χ0v) is 15.1. The van der Waals surface area contributed by atoms with E-state index < -0.39 is 0 Å². The Kier molecular flexibility index (Phi) is 4.77. The van der Waals surface area contributed by atoms with Crippen LogP contribution in [0.1, 0.15) is 36.8 Å². The Bertz CT molecular complexity index is 722. The Morgan fingerprint density at radius 3 is 2.71 bits per heavy atom. The highest BCUT2D eigenvalue weighted by molar-refractivity contribution is 7.98. The Labute approximate surface area is 149 Å². The minimum absolute atomic E-state index is 0.602. The first kappa shape index (κ1) is 16.0. The minimum atomic E-state index is 0.602. The van der Waals surface area contributed by atoms with Gasteiger partial charge in [-0.15, -0.1) is 11.8 Å². The van der Waals surface area contributed by atoms with Crippen molar-refractivity contribution in [2.75, 3.05) is 6.26 Å². The van der Waals surface area contributed by atoms with Crippen molar-refractivity contribution in [3.63, 3.8) is 0 Å². The van der Waals surface area contributed by atoms with Crippen molar-refractivity contribution < 1.29 is 0 Å². The van der Waals surface area contributed by atoms with Crippen LogP contribution in [0.3, 0.4) is 0 Å². The molecule has 2 aromatic rings. The summed E-state index contributed by atoms with van der Waals surface area (Å²) < 4.78 is 0. The number of thioether (sulfide) groups is 1. The van der Waals surface area contributed by atoms with Crippen LogP contribution in [-0.2, 0) is 6.54 Å². The summed E-state index contributed by atoms with van der Waals surface area (Å²) >= 11 is 1.83. The number of benzene rings is 2. The molecule has 2 unspecified atom stereocenters. The van der Waals surface area contributed by atoms with E-state index in [1.54, 1.807) is 5.57 Å². The van der Waals surface area contributed by atoms with Crippen molar-refractivity contribution in [2.45, 2.75) is 49.2 Å². The zero-order valence-electron chi connectivity index (χ0n) is 14.3. The van der Waals surface area contributed by atoms with E-state index in [0.29, 0.717) is 12.1 Å². The maximum atomic E-state index is 2.74. The fourth-order valence-corrected chi connectivity index (χ4v) is 4.65. The summed E-state index contributed by atoms with van der Waals surface area (Å²) in [6.45, 7) is 1.09. The van der Waals surface area contributed by atoms with Gasteiger partial charge in [0.25, 0.3) is 0 Å². The van der Waals surface area contributed by atoms with Crippen LogP contribution in [0.25, 0.3) is 5.57 Å². The smallest absolute Gasteiger partial charge is 0.0290 e. The second kappa shape index (κ2) is 7.16. The van der Waals surface area contributed by atoms with E-state index in [2.05, 4.69) is 71.8 Å². The van der Waals surface area contributed by atoms with E-state index in [-0.39, 0.29) is 0 Å². The van der Waals surface area contributed by atoms with E-state index in [9.17, 15) is 0 Å². The molecule has 0 saturated carbocycles. The molecule has 24 heavy (non-hydrogen) atoms. The third kappa shape index (κ3) is 3.31. The van der Waals surface area contributed by atoms with Gasteiger partial charge in [-0.25, -0.2) is 0 Å². The maximum absolute atomic E-state index is 2.74. The number of piperidine rings is 1. The molecular formula is C22H25NS. The standard InChI is InChI=1S/C22H25NS/c1-24-22-12-5-9-18(15-22)19-13-20-10-6-11-21(14-19)23(20)16-17-7-3-2-4-8-17/h2-5,7-9,12-13,15,20-21H,6,10-11,14,16H2,1H3. The third-order valence-corrected chi connectivity index (χ3v) is 6.16. The van der Waals surface area contributed by atoms with E-state index >= 15 is 0 Å². The van der Waals surface area contributed by atoms with Crippen LogP contribution >= 0.6 is 11.8 Å². The highest BCUT2D eigenvalue weighted by Crippen LogP contribution is 2.38. The average molecular weight is 336 g/mol. The first-order chi connectivity index (χ1) is 11.8. The summed E-state index contributed by atoms with van der Waals surface area (Å²) in [6.07, 6.45) is 9.91. The van der Waals surface area contributed by atoms with Gasteiger partial charge in [-0.1, -0.05) is 55.0 Å². The van der Waals surface area contributed by atoms with Crippen molar-refractivity contribution in [1.82, 2.24) is 4.90 Å². The molecule has 2 aliphatic rings. The van der Waals surface area contributed by atoms with Crippen molar-refractivity contribution in [1.29, 1.82) is 0 Å². The summed E-state index contributed by atoms with van der Waals surface area (Å²) in [4.78, 5) is 4.10. The SMILES string of the molecule is CSc1cccc(C2=CC3CCCC(C2)N3Cc2ccccc2)c1. The Morgan fingerprint density at radius 2 is 1.92 bits per heavy atom. The predicted octanol–water partition coefficient (Wildman–Crippen LogP) is 5.62. The minimum Gasteiger partial charge on any atom is -0.289 e. The van der Waals surface area contributed by atoms with Gasteiger partial charge in [-0.05, 0) is 54.4 Å². The van der Waals surface area contributed by atoms with Gasteiger partial charge in [-0.3, -0.25) is 4.90 Å². The molecule has 0 radical (unpaired) electrons. The number of hydrogen-bond donors (Lipinski definition) is 0. The van der Waals surface area contributed by atoms with Gasteiger partial charge < -0.3 is 0 Å². The maximum Gasteiger partial charge on any atom is 0.0290 e. The summed E-state index contributed by atoms with van der Waals surface area (Å²) in [5.74, 6) is 0. The molecule has 0 aliphatic carbocycles. The Morgan fingerprint density at radius 1 is 1.04 bits per heavy atom. The average Bonchev–Trinajstić information content (AvgIpc) is 2.62. The van der Waals surface area contributed by atoms with Gasteiger partial charge in [0, 0.05) is 23.5 Å². The topological polar surface area (TPSA) is 3.24 Å². The molecular weight excluding hydrogens is 310 g/mol. The largest absolute Gasteiger partial charge is 0.289 e. The third-order valence-electron chi connectivity index (χ3n) is 5.43. The van der Waals surface area contributed by atoms with E-state index in [1.165, 1.54) is 41.7 Å². The summed E-state index contributed by atoms with van der Waals surface area (Å²) in [5, 5.41) is 0. The molecule has 4 rings (SSSR count). The lowest BCUT2D eigenvalue weighted by molar-refractivity contribution is 0.0951. The van der Waals surface area contributed by atoms with Crippen molar-refractivity contribution in [2.24, 2.45) is 0 Å². The fourth-order valence-electron chi connectivity index (χ4n) is 4.20. The van der Waals surface area contributed by atoms with Gasteiger partial charge in [-0.2, -0.15) is 0 Å². The van der Waals surface area contributed by atoms with Gasteiger partial charge in [0.2, 0.25) is 0 Å². The molecule has 124 valence electrons. The van der Waals surface area contributed by atoms with Crippen LogP contribution < -0.4 is 0 Å². The Balaban J connectivity index is 1.59. The van der Waals surface area contributed by atoms with E-state index in [4.69, 9.17) is 0 Å². The second-order valence-corrected chi connectivity index (χ2v) is 7.82. The number of hydrogen-bond acceptors (Lipinski definition) is 2. The monoisotopic (exact) mass is 335 g/mol. The second-order valence-electron chi connectivity index (χ2n) is 6.94. The lowest BCUT2D eigenvalue weighted by Crippen LogP contribution is -2.47. The molecule has 2 aliphatic heterocycles. The number of rotatable bonds is 4. The van der Waals surface area contributed by atoms with Crippen molar-refractivity contribution in [3.8, 4) is 0 Å². The number of fused-ring (bicyclic) bond motifs is 2. The molecule has 1 fully saturated rings. The van der Waals surface area contributed by atoms with Crippen LogP contribution in [0, 0.1) is 0 Å². The van der Waals surface area contributed by atoms with Crippen molar-refractivity contribution >= 4 is 17.3 Å². The normalized spacial score (nSPS) is 23.8. The molecule has 1 nitrogen and oxygen atoms in total. The molecule has 0 spiro atoms. The molecule has 2 bridgehead atoms. The first-order valence-electron chi connectivity index (χ1n) is 8.98. The van der Waals surface area contributed by atoms with Crippen LogP contribution in [0.2, 0.25) is 0 Å². The predicted molar refractivity (Wildman–Crippen MR) is 104 cm³/mol. The highest BCUT2D eigenvalue weighted by atomic mass is 32.2. The highest BCUT2D eigenvalue weighted by Gasteiger charge is 2.33. The van der Waals surface area contributed by atoms with Crippen molar-refractivity contribution in [3.05, 3.63) is 71.8 Å². The molecule has 2 aromatic carbocycles. The number of nitrogens with zero attached hydrogens (tertiary/aromatic N) is 1. The van der Waals surface area contributed by atoms with Gasteiger partial charge in [0.05, 0.1) is 0 Å². The lowest BCUT2D eigenvalue weighted by Gasteiger charge is -2.45. The van der Waals surface area contributed by atoms with Crippen LogP contribution in [-0.4, -0.2) is 23.2 Å². The van der Waals surface area contributed by atoms with E-state index in [1.807, 2.05) is 11.8 Å². The van der Waals surface area contributed by atoms with Crippen LogP contribution in [0.5, 0.6) is 0 Å². The fraction of sp³-hybridized carbons (Fsp3) is 0.364. The van der Waals surface area contributed by atoms with Gasteiger partial charge in [0.1, 0.15) is 0 Å². The van der Waals surface area contributed by atoms with Crippen LogP contribution in [0.4, 0.5) is 0 Å². The summed E-state index contributed by atoms with van der Waals surface area (Å²) in [7, 11) is 0. The van der Waals surface area contributed by atoms with Gasteiger partial charge >= 0.3 is 0 Å². The summed E-state index contributed by atoms with van der Waals surface area (Å²) in [6, 6.07) is 21.3. The quantitative estimate of drug-likeness (QED) is 0.667.